The van der Waals surface area contributed by atoms with Gasteiger partial charge in [-0.25, -0.2) is 4.39 Å². The normalized spacial score (nSPS) is 16.0. The van der Waals surface area contributed by atoms with Crippen LogP contribution in [0.5, 0.6) is 11.5 Å². The highest BCUT2D eigenvalue weighted by Gasteiger charge is 2.18. The molecule has 122 valence electrons. The first-order valence-corrected chi connectivity index (χ1v) is 8.44. The molecule has 0 amide bonds. The zero-order valence-electron chi connectivity index (χ0n) is 12.8. The molecule has 0 spiro atoms. The van der Waals surface area contributed by atoms with Gasteiger partial charge in [0.05, 0.1) is 0 Å². The molecule has 0 aliphatic carbocycles. The fourth-order valence-electron chi connectivity index (χ4n) is 2.88. The van der Waals surface area contributed by atoms with Gasteiger partial charge in [0, 0.05) is 23.8 Å². The fraction of sp³-hybridized carbons (Fsp3) is 0.158. The van der Waals surface area contributed by atoms with Gasteiger partial charge in [0.15, 0.2) is 11.5 Å². The van der Waals surface area contributed by atoms with Crippen LogP contribution in [-0.4, -0.2) is 18.2 Å². The minimum absolute atomic E-state index is 0.204. The number of hydrogen-bond acceptors (Lipinski definition) is 3. The number of fused-ring (bicyclic) bond motifs is 1. The lowest BCUT2D eigenvalue weighted by atomic mass is 10.0. The van der Waals surface area contributed by atoms with Crippen LogP contribution in [0.15, 0.2) is 59.2 Å². The number of halogens is 2. The minimum atomic E-state index is -0.204. The number of hydrogen-bond donors (Lipinski definition) is 0. The standard InChI is InChI=1S/C19H15BrFNO2/c20-17-11-22(10-13-2-1-3-15(21)8-13)7-6-16(17)14-4-5-18-19(9-14)24-12-23-18/h1-9H,10-12H2. The van der Waals surface area contributed by atoms with E-state index in [0.29, 0.717) is 6.54 Å². The monoisotopic (exact) mass is 387 g/mol. The highest BCUT2D eigenvalue weighted by molar-refractivity contribution is 9.11. The molecule has 5 heteroatoms. The summed E-state index contributed by atoms with van der Waals surface area (Å²) in [5.74, 6) is 1.35. The Morgan fingerprint density at radius 2 is 1.96 bits per heavy atom. The van der Waals surface area contributed by atoms with Crippen molar-refractivity contribution in [3.05, 3.63) is 76.2 Å². The lowest BCUT2D eigenvalue weighted by Gasteiger charge is -2.25. The molecule has 2 aromatic rings. The average molecular weight is 388 g/mol. The van der Waals surface area contributed by atoms with E-state index in [2.05, 4.69) is 26.9 Å². The van der Waals surface area contributed by atoms with Crippen LogP contribution in [0.1, 0.15) is 11.1 Å². The van der Waals surface area contributed by atoms with Gasteiger partial charge in [0.25, 0.3) is 0 Å². The Balaban J connectivity index is 1.52. The van der Waals surface area contributed by atoms with E-state index >= 15 is 0 Å². The predicted octanol–water partition coefficient (Wildman–Crippen LogP) is 4.69. The summed E-state index contributed by atoms with van der Waals surface area (Å²) in [4.78, 5) is 2.13. The molecular formula is C19H15BrFNO2. The molecule has 4 rings (SSSR count). The van der Waals surface area contributed by atoms with Gasteiger partial charge in [-0.05, 0) is 47.0 Å². The number of benzene rings is 2. The Labute approximate surface area is 148 Å². The second-order valence-electron chi connectivity index (χ2n) is 5.74. The summed E-state index contributed by atoms with van der Waals surface area (Å²) in [6.07, 6.45) is 4.10. The van der Waals surface area contributed by atoms with Gasteiger partial charge in [-0.3, -0.25) is 0 Å². The maximum atomic E-state index is 13.3. The van der Waals surface area contributed by atoms with Crippen LogP contribution in [0.3, 0.4) is 0 Å². The fourth-order valence-corrected chi connectivity index (χ4v) is 3.57. The third-order valence-corrected chi connectivity index (χ3v) is 4.72. The summed E-state index contributed by atoms with van der Waals surface area (Å²) in [7, 11) is 0. The van der Waals surface area contributed by atoms with Gasteiger partial charge >= 0.3 is 0 Å². The molecular weight excluding hydrogens is 373 g/mol. The number of allylic oxidation sites excluding steroid dienone is 2. The summed E-state index contributed by atoms with van der Waals surface area (Å²) in [6, 6.07) is 12.6. The van der Waals surface area contributed by atoms with Crippen LogP contribution in [0.25, 0.3) is 5.57 Å². The smallest absolute Gasteiger partial charge is 0.231 e. The largest absolute Gasteiger partial charge is 0.454 e. The van der Waals surface area contributed by atoms with E-state index in [4.69, 9.17) is 9.47 Å². The number of rotatable bonds is 3. The van der Waals surface area contributed by atoms with Crippen LogP contribution in [0, 0.1) is 5.82 Å². The topological polar surface area (TPSA) is 21.7 Å². The van der Waals surface area contributed by atoms with E-state index in [0.717, 1.165) is 39.2 Å². The Kier molecular flexibility index (Phi) is 4.02. The van der Waals surface area contributed by atoms with Crippen LogP contribution >= 0.6 is 15.9 Å². The van der Waals surface area contributed by atoms with Crippen LogP contribution < -0.4 is 9.47 Å². The molecule has 2 heterocycles. The van der Waals surface area contributed by atoms with Crippen molar-refractivity contribution in [2.24, 2.45) is 0 Å². The molecule has 0 saturated carbocycles. The number of ether oxygens (including phenoxy) is 2. The lowest BCUT2D eigenvalue weighted by Crippen LogP contribution is -2.21. The van der Waals surface area contributed by atoms with Crippen molar-refractivity contribution in [3.63, 3.8) is 0 Å². The lowest BCUT2D eigenvalue weighted by molar-refractivity contribution is 0.174. The highest BCUT2D eigenvalue weighted by atomic mass is 79.9. The van der Waals surface area contributed by atoms with Crippen LogP contribution in [0.4, 0.5) is 4.39 Å². The molecule has 0 aromatic heterocycles. The first kappa shape index (κ1) is 15.3. The van der Waals surface area contributed by atoms with E-state index in [1.807, 2.05) is 30.5 Å². The minimum Gasteiger partial charge on any atom is -0.454 e. The van der Waals surface area contributed by atoms with Gasteiger partial charge in [-0.1, -0.05) is 34.1 Å². The summed E-state index contributed by atoms with van der Waals surface area (Å²) in [5, 5.41) is 0. The van der Waals surface area contributed by atoms with E-state index in [1.165, 1.54) is 6.07 Å². The first-order chi connectivity index (χ1) is 11.7. The molecule has 0 fully saturated rings. The van der Waals surface area contributed by atoms with E-state index in [-0.39, 0.29) is 12.6 Å². The molecule has 0 N–H and O–H groups in total. The Morgan fingerprint density at radius 1 is 1.08 bits per heavy atom. The van der Waals surface area contributed by atoms with Crippen molar-refractivity contribution in [2.45, 2.75) is 6.54 Å². The molecule has 0 radical (unpaired) electrons. The molecule has 0 unspecified atom stereocenters. The zero-order valence-corrected chi connectivity index (χ0v) is 14.4. The summed E-state index contributed by atoms with van der Waals surface area (Å²) in [6.45, 7) is 1.67. The summed E-state index contributed by atoms with van der Waals surface area (Å²) < 4.78 is 25.2. The second-order valence-corrected chi connectivity index (χ2v) is 6.69. The van der Waals surface area contributed by atoms with Crippen LogP contribution in [-0.2, 0) is 6.54 Å². The van der Waals surface area contributed by atoms with E-state index < -0.39 is 0 Å². The summed E-state index contributed by atoms with van der Waals surface area (Å²) >= 11 is 3.68. The van der Waals surface area contributed by atoms with Crippen molar-refractivity contribution in [2.75, 3.05) is 13.3 Å². The first-order valence-electron chi connectivity index (χ1n) is 7.64. The Hall–Kier alpha value is -2.27. The molecule has 3 nitrogen and oxygen atoms in total. The van der Waals surface area contributed by atoms with Gasteiger partial charge in [-0.2, -0.15) is 0 Å². The van der Waals surface area contributed by atoms with Crippen molar-refractivity contribution in [3.8, 4) is 11.5 Å². The Bertz CT molecular complexity index is 847. The molecule has 0 bridgehead atoms. The van der Waals surface area contributed by atoms with E-state index in [9.17, 15) is 4.39 Å². The Morgan fingerprint density at radius 3 is 2.79 bits per heavy atom. The molecule has 2 aliphatic heterocycles. The predicted molar refractivity (Wildman–Crippen MR) is 94.4 cm³/mol. The maximum absolute atomic E-state index is 13.3. The van der Waals surface area contributed by atoms with Crippen molar-refractivity contribution < 1.29 is 13.9 Å². The highest BCUT2D eigenvalue weighted by Crippen LogP contribution is 2.37. The molecule has 2 aliphatic rings. The van der Waals surface area contributed by atoms with E-state index in [1.54, 1.807) is 12.1 Å². The van der Waals surface area contributed by atoms with Crippen molar-refractivity contribution in [1.82, 2.24) is 4.90 Å². The quantitative estimate of drug-likeness (QED) is 0.762. The average Bonchev–Trinajstić information content (AvgIpc) is 3.02. The zero-order chi connectivity index (χ0) is 16.5. The second kappa shape index (κ2) is 6.32. The maximum Gasteiger partial charge on any atom is 0.231 e. The van der Waals surface area contributed by atoms with Crippen LogP contribution in [0.2, 0.25) is 0 Å². The van der Waals surface area contributed by atoms with Gasteiger partial charge in [-0.15, -0.1) is 0 Å². The van der Waals surface area contributed by atoms with Gasteiger partial charge in [0.1, 0.15) is 5.82 Å². The molecule has 24 heavy (non-hydrogen) atoms. The van der Waals surface area contributed by atoms with Gasteiger partial charge < -0.3 is 14.4 Å². The third kappa shape index (κ3) is 3.04. The molecule has 0 saturated heterocycles. The molecule has 2 aromatic carbocycles. The summed E-state index contributed by atoms with van der Waals surface area (Å²) in [5.41, 5.74) is 3.14. The third-order valence-electron chi connectivity index (χ3n) is 4.04. The SMILES string of the molecule is Fc1cccc(CN2C=CC(c3ccc4c(c3)OCO4)=C(Br)C2)c1. The van der Waals surface area contributed by atoms with Gasteiger partial charge in [0.2, 0.25) is 6.79 Å². The molecule has 0 atom stereocenters. The van der Waals surface area contributed by atoms with Crippen molar-refractivity contribution >= 4 is 21.5 Å². The number of nitrogens with zero attached hydrogens (tertiary/aromatic N) is 1. The van der Waals surface area contributed by atoms with Crippen molar-refractivity contribution in [1.29, 1.82) is 0 Å².